The fourth-order valence-electron chi connectivity index (χ4n) is 2.95. The van der Waals surface area contributed by atoms with Crippen molar-refractivity contribution >= 4 is 11.9 Å². The molecule has 2 rings (SSSR count). The number of carboxylic acids is 1. The maximum atomic E-state index is 12.6. The van der Waals surface area contributed by atoms with Gasteiger partial charge in [0.25, 0.3) is 0 Å². The van der Waals surface area contributed by atoms with Gasteiger partial charge in [0.05, 0.1) is 11.6 Å². The number of aliphatic carboxylic acids is 1. The van der Waals surface area contributed by atoms with Crippen molar-refractivity contribution in [2.75, 3.05) is 6.61 Å². The summed E-state index contributed by atoms with van der Waals surface area (Å²) in [6, 6.07) is 0.999. The molecule has 1 saturated heterocycles. The van der Waals surface area contributed by atoms with Gasteiger partial charge in [-0.2, -0.15) is 5.10 Å². The Bertz CT molecular complexity index is 543. The van der Waals surface area contributed by atoms with Crippen LogP contribution in [0.5, 0.6) is 0 Å². The van der Waals surface area contributed by atoms with Crippen LogP contribution in [0.4, 0.5) is 0 Å². The number of hydrogen-bond donors (Lipinski definition) is 2. The summed E-state index contributed by atoms with van der Waals surface area (Å²) in [6.45, 7) is 2.59. The van der Waals surface area contributed by atoms with Crippen LogP contribution in [0.2, 0.25) is 0 Å². The first-order valence-corrected chi connectivity index (χ1v) is 8.17. The fourth-order valence-corrected chi connectivity index (χ4v) is 2.95. The molecule has 1 aromatic rings. The Kier molecular flexibility index (Phi) is 6.15. The topological polar surface area (TPSA) is 93.5 Å². The van der Waals surface area contributed by atoms with E-state index < -0.39 is 12.0 Å². The van der Waals surface area contributed by atoms with E-state index in [0.29, 0.717) is 19.4 Å². The van der Waals surface area contributed by atoms with E-state index in [1.54, 1.807) is 10.9 Å². The molecule has 0 saturated carbocycles. The van der Waals surface area contributed by atoms with Gasteiger partial charge in [0, 0.05) is 19.9 Å². The highest BCUT2D eigenvalue weighted by Crippen LogP contribution is 2.33. The third-order valence-corrected chi connectivity index (χ3v) is 4.27. The largest absolute Gasteiger partial charge is 0.480 e. The Labute approximate surface area is 136 Å². The molecular formula is C16H25N3O4. The van der Waals surface area contributed by atoms with Crippen molar-refractivity contribution in [3.63, 3.8) is 0 Å². The number of ether oxygens (including phenoxy) is 1. The number of carbonyl (C=O) groups excluding carboxylic acids is 1. The summed E-state index contributed by atoms with van der Waals surface area (Å²) < 4.78 is 7.49. The first kappa shape index (κ1) is 17.5. The Hall–Kier alpha value is -1.89. The second kappa shape index (κ2) is 8.10. The van der Waals surface area contributed by atoms with Gasteiger partial charge in [0.15, 0.2) is 0 Å². The number of carboxylic acid groups (broad SMARTS) is 1. The summed E-state index contributed by atoms with van der Waals surface area (Å²) in [4.78, 5) is 23.9. The molecule has 1 amide bonds. The lowest BCUT2D eigenvalue weighted by Crippen LogP contribution is -2.46. The molecule has 2 N–H and O–H groups in total. The molecule has 1 fully saturated rings. The first-order valence-electron chi connectivity index (χ1n) is 8.17. The molecule has 1 aliphatic heterocycles. The van der Waals surface area contributed by atoms with Gasteiger partial charge in [0.1, 0.15) is 12.1 Å². The zero-order valence-electron chi connectivity index (χ0n) is 13.7. The number of aryl methyl sites for hydroxylation is 1. The Morgan fingerprint density at radius 3 is 2.96 bits per heavy atom. The van der Waals surface area contributed by atoms with E-state index >= 15 is 0 Å². The van der Waals surface area contributed by atoms with Gasteiger partial charge in [-0.3, -0.25) is 9.48 Å². The van der Waals surface area contributed by atoms with Gasteiger partial charge >= 0.3 is 5.97 Å². The van der Waals surface area contributed by atoms with Crippen molar-refractivity contribution in [2.24, 2.45) is 13.0 Å². The fraction of sp³-hybridized carbons (Fsp3) is 0.688. The summed E-state index contributed by atoms with van der Waals surface area (Å²) in [7, 11) is 1.81. The molecule has 2 heterocycles. The standard InChI is InChI=1S/C16H25N3O4/c1-3-4-7-12(16(21)22)18-15(20)11-6-5-10-23-14(11)13-8-9-17-19(13)2/h8-9,11-12,14H,3-7,10H2,1-2H3,(H,18,20)(H,21,22)/t11-,12?,14-/m1/s1. The van der Waals surface area contributed by atoms with Crippen LogP contribution in [-0.2, 0) is 21.4 Å². The first-order chi connectivity index (χ1) is 11.0. The van der Waals surface area contributed by atoms with E-state index in [2.05, 4.69) is 10.4 Å². The van der Waals surface area contributed by atoms with Crippen molar-refractivity contribution in [3.05, 3.63) is 18.0 Å². The number of nitrogens with one attached hydrogen (secondary N) is 1. The van der Waals surface area contributed by atoms with Crippen molar-refractivity contribution in [2.45, 2.75) is 51.2 Å². The minimum absolute atomic E-state index is 0.251. The van der Waals surface area contributed by atoms with Crippen molar-refractivity contribution in [3.8, 4) is 0 Å². The highest BCUT2D eigenvalue weighted by molar-refractivity contribution is 5.85. The van der Waals surface area contributed by atoms with E-state index in [4.69, 9.17) is 4.74 Å². The van der Waals surface area contributed by atoms with E-state index in [0.717, 1.165) is 25.0 Å². The quantitative estimate of drug-likeness (QED) is 0.796. The molecule has 3 atom stereocenters. The lowest BCUT2D eigenvalue weighted by molar-refractivity contribution is -0.145. The van der Waals surface area contributed by atoms with Crippen LogP contribution in [0.15, 0.2) is 12.3 Å². The van der Waals surface area contributed by atoms with Crippen molar-refractivity contribution in [1.82, 2.24) is 15.1 Å². The molecule has 7 heteroatoms. The van der Waals surface area contributed by atoms with Crippen LogP contribution < -0.4 is 5.32 Å². The average Bonchev–Trinajstić information content (AvgIpc) is 2.96. The van der Waals surface area contributed by atoms with Crippen LogP contribution in [0.1, 0.15) is 50.8 Å². The molecule has 1 aromatic heterocycles. The average molecular weight is 323 g/mol. The molecule has 0 spiro atoms. The molecule has 23 heavy (non-hydrogen) atoms. The van der Waals surface area contributed by atoms with Gasteiger partial charge in [-0.1, -0.05) is 19.8 Å². The minimum atomic E-state index is -0.986. The number of aromatic nitrogens is 2. The van der Waals surface area contributed by atoms with Crippen LogP contribution in [0.25, 0.3) is 0 Å². The number of unbranched alkanes of at least 4 members (excludes halogenated alkanes) is 1. The van der Waals surface area contributed by atoms with Crippen molar-refractivity contribution < 1.29 is 19.4 Å². The van der Waals surface area contributed by atoms with Gasteiger partial charge in [0.2, 0.25) is 5.91 Å². The molecule has 1 aliphatic rings. The smallest absolute Gasteiger partial charge is 0.326 e. The molecule has 1 unspecified atom stereocenters. The highest BCUT2D eigenvalue weighted by atomic mass is 16.5. The highest BCUT2D eigenvalue weighted by Gasteiger charge is 2.36. The molecule has 0 radical (unpaired) electrons. The SMILES string of the molecule is CCCCC(NC(=O)[C@@H]1CCCO[C@H]1c1ccnn1C)C(=O)O. The van der Waals surface area contributed by atoms with E-state index in [1.165, 1.54) is 0 Å². The summed E-state index contributed by atoms with van der Waals surface area (Å²) >= 11 is 0. The predicted molar refractivity (Wildman–Crippen MR) is 83.7 cm³/mol. The Balaban J connectivity index is 2.08. The maximum absolute atomic E-state index is 12.6. The minimum Gasteiger partial charge on any atom is -0.480 e. The number of hydrogen-bond acceptors (Lipinski definition) is 4. The van der Waals surface area contributed by atoms with Gasteiger partial charge in [-0.15, -0.1) is 0 Å². The van der Waals surface area contributed by atoms with Crippen LogP contribution >= 0.6 is 0 Å². The lowest BCUT2D eigenvalue weighted by Gasteiger charge is -2.31. The molecule has 0 bridgehead atoms. The molecule has 0 aromatic carbocycles. The van der Waals surface area contributed by atoms with Crippen LogP contribution in [-0.4, -0.2) is 39.4 Å². The lowest BCUT2D eigenvalue weighted by atomic mass is 9.90. The van der Waals surface area contributed by atoms with Crippen LogP contribution in [0.3, 0.4) is 0 Å². The summed E-state index contributed by atoms with van der Waals surface area (Å²) in [5.74, 6) is -1.62. The van der Waals surface area contributed by atoms with E-state index in [9.17, 15) is 14.7 Å². The van der Waals surface area contributed by atoms with E-state index in [-0.39, 0.29) is 17.9 Å². The van der Waals surface area contributed by atoms with Crippen molar-refractivity contribution in [1.29, 1.82) is 0 Å². The molecule has 0 aliphatic carbocycles. The van der Waals surface area contributed by atoms with Gasteiger partial charge < -0.3 is 15.2 Å². The van der Waals surface area contributed by atoms with Gasteiger partial charge in [-0.05, 0) is 25.3 Å². The van der Waals surface area contributed by atoms with E-state index in [1.807, 2.05) is 20.0 Å². The Morgan fingerprint density at radius 2 is 2.35 bits per heavy atom. The Morgan fingerprint density at radius 1 is 1.57 bits per heavy atom. The third-order valence-electron chi connectivity index (χ3n) is 4.27. The second-order valence-electron chi connectivity index (χ2n) is 5.96. The molecule has 128 valence electrons. The maximum Gasteiger partial charge on any atom is 0.326 e. The predicted octanol–water partition coefficient (Wildman–Crippen LogP) is 1.65. The summed E-state index contributed by atoms with van der Waals surface area (Å²) in [5, 5.41) is 16.1. The summed E-state index contributed by atoms with van der Waals surface area (Å²) in [6.07, 6.45) is 4.87. The van der Waals surface area contributed by atoms with Gasteiger partial charge in [-0.25, -0.2) is 4.79 Å². The zero-order chi connectivity index (χ0) is 16.8. The second-order valence-corrected chi connectivity index (χ2v) is 5.96. The monoisotopic (exact) mass is 323 g/mol. The summed E-state index contributed by atoms with van der Waals surface area (Å²) in [5.41, 5.74) is 0.838. The molecule has 7 nitrogen and oxygen atoms in total. The van der Waals surface area contributed by atoms with Crippen LogP contribution in [0, 0.1) is 5.92 Å². The number of carbonyl (C=O) groups is 2. The zero-order valence-corrected chi connectivity index (χ0v) is 13.7. The normalized spacial score (nSPS) is 22.5. The number of rotatable bonds is 7. The third kappa shape index (κ3) is 4.31. The molecular weight excluding hydrogens is 298 g/mol. The number of amides is 1. The number of nitrogens with zero attached hydrogens (tertiary/aromatic N) is 2.